The molecule has 0 aliphatic heterocycles. The summed E-state index contributed by atoms with van der Waals surface area (Å²) < 4.78 is 0. The normalized spacial score (nSPS) is 9.88. The fourth-order valence-electron chi connectivity index (χ4n) is 2.09. The Hall–Kier alpha value is -0.0800. The van der Waals surface area contributed by atoms with Crippen LogP contribution in [0, 0.1) is 0 Å². The maximum absolute atomic E-state index is 4.00. The van der Waals surface area contributed by atoms with Crippen molar-refractivity contribution >= 4 is 0 Å². The fourth-order valence-corrected chi connectivity index (χ4v) is 2.09. The molecule has 0 atom stereocenters. The first-order valence-corrected chi connectivity index (χ1v) is 7.75. The lowest BCUT2D eigenvalue weighted by molar-refractivity contribution is 0.542. The van der Waals surface area contributed by atoms with E-state index in [1.165, 1.54) is 83.5 Å². The third-order valence-electron chi connectivity index (χ3n) is 3.21. The van der Waals surface area contributed by atoms with Crippen LogP contribution >= 0.6 is 0 Å². The highest BCUT2D eigenvalue weighted by atomic mass is 15.0. The third kappa shape index (κ3) is 21.7. The Morgan fingerprint density at radius 2 is 0.588 bits per heavy atom. The van der Waals surface area contributed by atoms with Crippen molar-refractivity contribution in [2.75, 3.05) is 0 Å². The van der Waals surface area contributed by atoms with Crippen molar-refractivity contribution in [2.24, 2.45) is 11.7 Å². The van der Waals surface area contributed by atoms with E-state index in [9.17, 15) is 0 Å². The van der Waals surface area contributed by atoms with E-state index in [0.717, 1.165) is 0 Å². The summed E-state index contributed by atoms with van der Waals surface area (Å²) in [5, 5.41) is 0. The molecule has 0 bridgehead atoms. The highest BCUT2D eigenvalue weighted by Gasteiger charge is 1.92. The average molecular weight is 244 g/mol. The van der Waals surface area contributed by atoms with Crippen LogP contribution in [0.15, 0.2) is 0 Å². The number of hydrogen-bond donors (Lipinski definition) is 2. The number of hydrazine groups is 1. The molecular formula is C15H36N2. The zero-order valence-corrected chi connectivity index (χ0v) is 12.3. The molecule has 0 aliphatic rings. The largest absolute Gasteiger partial charge is 0.274 e. The van der Waals surface area contributed by atoms with Crippen LogP contribution < -0.4 is 11.7 Å². The summed E-state index contributed by atoms with van der Waals surface area (Å²) in [5.41, 5.74) is 0. The third-order valence-corrected chi connectivity index (χ3v) is 3.21. The molecule has 0 aromatic heterocycles. The van der Waals surface area contributed by atoms with Gasteiger partial charge in [0.2, 0.25) is 0 Å². The SMILES string of the molecule is CCCCCCCCCCCCCCC.NN. The van der Waals surface area contributed by atoms with Crippen LogP contribution in [-0.4, -0.2) is 0 Å². The molecule has 17 heavy (non-hydrogen) atoms. The van der Waals surface area contributed by atoms with Crippen LogP contribution in [0.3, 0.4) is 0 Å². The van der Waals surface area contributed by atoms with Crippen molar-refractivity contribution in [1.82, 2.24) is 0 Å². The van der Waals surface area contributed by atoms with E-state index in [4.69, 9.17) is 0 Å². The molecule has 0 aromatic carbocycles. The molecule has 0 rings (SSSR count). The van der Waals surface area contributed by atoms with E-state index in [-0.39, 0.29) is 0 Å². The predicted molar refractivity (Wildman–Crippen MR) is 79.7 cm³/mol. The van der Waals surface area contributed by atoms with Gasteiger partial charge in [-0.1, -0.05) is 97.3 Å². The Balaban J connectivity index is 0. The summed E-state index contributed by atoms with van der Waals surface area (Å²) in [6.07, 6.45) is 18.9. The van der Waals surface area contributed by atoms with Crippen LogP contribution in [-0.2, 0) is 0 Å². The summed E-state index contributed by atoms with van der Waals surface area (Å²) in [5.74, 6) is 8.00. The van der Waals surface area contributed by atoms with Gasteiger partial charge in [0.25, 0.3) is 0 Å². The standard InChI is InChI=1S/C15H32.H4N2/c1-3-5-7-9-11-13-15-14-12-10-8-6-4-2;1-2/h3-15H2,1-2H3;1-2H2. The number of nitrogens with two attached hydrogens (primary N) is 2. The van der Waals surface area contributed by atoms with E-state index in [1.54, 1.807) is 0 Å². The van der Waals surface area contributed by atoms with E-state index >= 15 is 0 Å². The first kappa shape index (κ1) is 19.3. The fraction of sp³-hybridized carbons (Fsp3) is 1.00. The first-order chi connectivity index (χ1) is 8.41. The lowest BCUT2D eigenvalue weighted by Gasteiger charge is -2.01. The van der Waals surface area contributed by atoms with Gasteiger partial charge in [-0.05, 0) is 0 Å². The topological polar surface area (TPSA) is 52.0 Å². The Labute approximate surface area is 110 Å². The molecule has 0 aliphatic carbocycles. The number of hydrogen-bond acceptors (Lipinski definition) is 2. The molecule has 0 fully saturated rings. The minimum Gasteiger partial charge on any atom is -0.274 e. The molecule has 0 saturated heterocycles. The van der Waals surface area contributed by atoms with E-state index in [2.05, 4.69) is 25.5 Å². The van der Waals surface area contributed by atoms with Gasteiger partial charge >= 0.3 is 0 Å². The summed E-state index contributed by atoms with van der Waals surface area (Å²) >= 11 is 0. The molecule has 0 saturated carbocycles. The molecule has 0 radical (unpaired) electrons. The number of unbranched alkanes of at least 4 members (excludes halogenated alkanes) is 12. The van der Waals surface area contributed by atoms with E-state index < -0.39 is 0 Å². The number of rotatable bonds is 12. The molecule has 4 N–H and O–H groups in total. The lowest BCUT2D eigenvalue weighted by atomic mass is 10.1. The lowest BCUT2D eigenvalue weighted by Crippen LogP contribution is -2.02. The second-order valence-electron chi connectivity index (χ2n) is 4.89. The Morgan fingerprint density at radius 1 is 0.412 bits per heavy atom. The molecular weight excluding hydrogens is 208 g/mol. The van der Waals surface area contributed by atoms with Gasteiger partial charge in [-0.2, -0.15) is 0 Å². The maximum atomic E-state index is 4.00. The molecule has 0 aromatic rings. The minimum absolute atomic E-state index is 1.37. The van der Waals surface area contributed by atoms with Gasteiger partial charge < -0.3 is 0 Å². The van der Waals surface area contributed by atoms with Gasteiger partial charge in [0.1, 0.15) is 0 Å². The van der Waals surface area contributed by atoms with Crippen LogP contribution in [0.25, 0.3) is 0 Å². The minimum atomic E-state index is 1.37. The van der Waals surface area contributed by atoms with Crippen molar-refractivity contribution in [3.05, 3.63) is 0 Å². The van der Waals surface area contributed by atoms with Crippen molar-refractivity contribution in [1.29, 1.82) is 0 Å². The van der Waals surface area contributed by atoms with Crippen LogP contribution in [0.4, 0.5) is 0 Å². The molecule has 0 unspecified atom stereocenters. The Morgan fingerprint density at radius 3 is 0.765 bits per heavy atom. The van der Waals surface area contributed by atoms with Crippen LogP contribution in [0.5, 0.6) is 0 Å². The van der Waals surface area contributed by atoms with Crippen LogP contribution in [0.2, 0.25) is 0 Å². The summed E-state index contributed by atoms with van der Waals surface area (Å²) in [6, 6.07) is 0. The monoisotopic (exact) mass is 244 g/mol. The van der Waals surface area contributed by atoms with Crippen molar-refractivity contribution in [2.45, 2.75) is 97.3 Å². The molecule has 0 amide bonds. The zero-order chi connectivity index (χ0) is 13.2. The van der Waals surface area contributed by atoms with Gasteiger partial charge in [0.05, 0.1) is 0 Å². The van der Waals surface area contributed by atoms with E-state index in [0.29, 0.717) is 0 Å². The Bertz CT molecular complexity index is 93.1. The zero-order valence-electron chi connectivity index (χ0n) is 12.3. The van der Waals surface area contributed by atoms with Crippen molar-refractivity contribution in [3.63, 3.8) is 0 Å². The van der Waals surface area contributed by atoms with Gasteiger partial charge in [-0.3, -0.25) is 11.7 Å². The maximum Gasteiger partial charge on any atom is -0.0533 e. The molecule has 2 nitrogen and oxygen atoms in total. The predicted octanol–water partition coefficient (Wildman–Crippen LogP) is 4.92. The van der Waals surface area contributed by atoms with Crippen molar-refractivity contribution < 1.29 is 0 Å². The smallest absolute Gasteiger partial charge is 0.0533 e. The summed E-state index contributed by atoms with van der Waals surface area (Å²) in [7, 11) is 0. The Kier molecular flexibility index (Phi) is 24.1. The van der Waals surface area contributed by atoms with Gasteiger partial charge in [0, 0.05) is 0 Å². The highest BCUT2D eigenvalue weighted by molar-refractivity contribution is 4.47. The quantitative estimate of drug-likeness (QED) is 0.291. The van der Waals surface area contributed by atoms with Crippen LogP contribution in [0.1, 0.15) is 97.3 Å². The molecule has 2 heteroatoms. The molecule has 0 heterocycles. The average Bonchev–Trinajstić information content (AvgIpc) is 2.38. The second-order valence-corrected chi connectivity index (χ2v) is 4.89. The molecule has 106 valence electrons. The van der Waals surface area contributed by atoms with Crippen molar-refractivity contribution in [3.8, 4) is 0 Å². The summed E-state index contributed by atoms with van der Waals surface area (Å²) in [4.78, 5) is 0. The van der Waals surface area contributed by atoms with E-state index in [1.807, 2.05) is 0 Å². The second kappa shape index (κ2) is 21.2. The highest BCUT2D eigenvalue weighted by Crippen LogP contribution is 2.12. The van der Waals surface area contributed by atoms with Gasteiger partial charge in [0.15, 0.2) is 0 Å². The first-order valence-electron chi connectivity index (χ1n) is 7.75. The summed E-state index contributed by atoms with van der Waals surface area (Å²) in [6.45, 7) is 4.58. The van der Waals surface area contributed by atoms with Gasteiger partial charge in [-0.15, -0.1) is 0 Å². The molecule has 0 spiro atoms. The van der Waals surface area contributed by atoms with Gasteiger partial charge in [-0.25, -0.2) is 0 Å².